The second kappa shape index (κ2) is 6.37. The fourth-order valence-corrected chi connectivity index (χ4v) is 4.02. The van der Waals surface area contributed by atoms with E-state index in [1.165, 1.54) is 37.7 Å². The van der Waals surface area contributed by atoms with E-state index in [1.807, 2.05) is 12.1 Å². The minimum absolute atomic E-state index is 0.110. The van der Waals surface area contributed by atoms with Crippen LogP contribution in [-0.2, 0) is 4.74 Å². The van der Waals surface area contributed by atoms with Crippen LogP contribution in [0.15, 0.2) is 24.3 Å². The van der Waals surface area contributed by atoms with Crippen LogP contribution in [0.5, 0.6) is 5.75 Å². The number of nitrogens with two attached hydrogens (primary N) is 1. The minimum atomic E-state index is 0.110. The van der Waals surface area contributed by atoms with E-state index >= 15 is 0 Å². The molecule has 3 nitrogen and oxygen atoms in total. The molecule has 1 saturated heterocycles. The Labute approximate surface area is 127 Å². The Morgan fingerprint density at radius 1 is 1.19 bits per heavy atom. The zero-order valence-corrected chi connectivity index (χ0v) is 13.0. The van der Waals surface area contributed by atoms with Gasteiger partial charge in [-0.25, -0.2) is 0 Å². The van der Waals surface area contributed by atoms with E-state index in [2.05, 4.69) is 12.1 Å². The zero-order chi connectivity index (χ0) is 14.7. The molecule has 1 saturated carbocycles. The van der Waals surface area contributed by atoms with Gasteiger partial charge in [0, 0.05) is 12.6 Å². The van der Waals surface area contributed by atoms with Crippen LogP contribution in [0.1, 0.15) is 56.6 Å². The van der Waals surface area contributed by atoms with Gasteiger partial charge >= 0.3 is 0 Å². The Morgan fingerprint density at radius 3 is 2.57 bits per heavy atom. The summed E-state index contributed by atoms with van der Waals surface area (Å²) in [6.07, 6.45) is 8.63. The minimum Gasteiger partial charge on any atom is -0.497 e. The molecule has 116 valence electrons. The van der Waals surface area contributed by atoms with Crippen molar-refractivity contribution in [2.75, 3.05) is 13.7 Å². The van der Waals surface area contributed by atoms with Crippen molar-refractivity contribution in [2.45, 2.75) is 56.6 Å². The molecule has 3 heteroatoms. The second-order valence-corrected chi connectivity index (χ2v) is 6.64. The highest BCUT2D eigenvalue weighted by Gasteiger charge is 2.40. The lowest BCUT2D eigenvalue weighted by atomic mass is 9.73. The maximum absolute atomic E-state index is 6.55. The molecule has 0 aromatic heterocycles. The first kappa shape index (κ1) is 14.9. The van der Waals surface area contributed by atoms with Gasteiger partial charge in [-0.1, -0.05) is 31.4 Å². The molecule has 1 aromatic rings. The summed E-state index contributed by atoms with van der Waals surface area (Å²) in [4.78, 5) is 0. The van der Waals surface area contributed by atoms with E-state index in [9.17, 15) is 0 Å². The fraction of sp³-hybridized carbons (Fsp3) is 0.667. The summed E-state index contributed by atoms with van der Waals surface area (Å²) in [5, 5.41) is 0. The molecule has 3 rings (SSSR count). The topological polar surface area (TPSA) is 44.5 Å². The van der Waals surface area contributed by atoms with Gasteiger partial charge in [-0.2, -0.15) is 0 Å². The lowest BCUT2D eigenvalue weighted by molar-refractivity contribution is -0.120. The van der Waals surface area contributed by atoms with Crippen LogP contribution in [-0.4, -0.2) is 19.3 Å². The molecule has 1 aromatic carbocycles. The van der Waals surface area contributed by atoms with Gasteiger partial charge in [-0.3, -0.25) is 0 Å². The van der Waals surface area contributed by atoms with Crippen molar-refractivity contribution in [3.05, 3.63) is 29.8 Å². The summed E-state index contributed by atoms with van der Waals surface area (Å²) >= 11 is 0. The largest absolute Gasteiger partial charge is 0.497 e. The maximum Gasteiger partial charge on any atom is 0.118 e. The third-order valence-electron chi connectivity index (χ3n) is 5.30. The highest BCUT2D eigenvalue weighted by Crippen LogP contribution is 2.43. The summed E-state index contributed by atoms with van der Waals surface area (Å²) in [6, 6.07) is 8.33. The number of methoxy groups -OCH3 is 1. The lowest BCUT2D eigenvalue weighted by Gasteiger charge is -2.45. The molecule has 1 aliphatic carbocycles. The summed E-state index contributed by atoms with van der Waals surface area (Å²) in [7, 11) is 1.69. The van der Waals surface area contributed by atoms with E-state index < -0.39 is 0 Å². The SMILES string of the molecule is COc1ccc(C(N)C2CCOC3(CCCCC3)C2)cc1. The highest BCUT2D eigenvalue weighted by atomic mass is 16.5. The lowest BCUT2D eigenvalue weighted by Crippen LogP contribution is -2.44. The molecule has 0 amide bonds. The van der Waals surface area contributed by atoms with Gasteiger partial charge in [-0.15, -0.1) is 0 Å². The molecule has 2 N–H and O–H groups in total. The first-order valence-electron chi connectivity index (χ1n) is 8.26. The van der Waals surface area contributed by atoms with Gasteiger partial charge in [0.25, 0.3) is 0 Å². The van der Waals surface area contributed by atoms with Crippen molar-refractivity contribution in [2.24, 2.45) is 11.7 Å². The van der Waals surface area contributed by atoms with Crippen molar-refractivity contribution in [1.29, 1.82) is 0 Å². The summed E-state index contributed by atoms with van der Waals surface area (Å²) in [5.41, 5.74) is 7.90. The van der Waals surface area contributed by atoms with Gasteiger partial charge in [0.05, 0.1) is 12.7 Å². The summed E-state index contributed by atoms with van der Waals surface area (Å²) in [5.74, 6) is 1.42. The van der Waals surface area contributed by atoms with Crippen LogP contribution in [0.3, 0.4) is 0 Å². The third-order valence-corrected chi connectivity index (χ3v) is 5.30. The highest BCUT2D eigenvalue weighted by molar-refractivity contribution is 5.29. The van der Waals surface area contributed by atoms with Crippen molar-refractivity contribution in [1.82, 2.24) is 0 Å². The zero-order valence-electron chi connectivity index (χ0n) is 13.0. The van der Waals surface area contributed by atoms with E-state index in [1.54, 1.807) is 7.11 Å². The van der Waals surface area contributed by atoms with E-state index in [-0.39, 0.29) is 11.6 Å². The number of rotatable bonds is 3. The number of hydrogen-bond donors (Lipinski definition) is 1. The van der Waals surface area contributed by atoms with E-state index in [0.717, 1.165) is 25.2 Å². The van der Waals surface area contributed by atoms with Gasteiger partial charge in [0.15, 0.2) is 0 Å². The molecular weight excluding hydrogens is 262 g/mol. The molecule has 1 spiro atoms. The molecule has 1 aliphatic heterocycles. The van der Waals surface area contributed by atoms with Crippen molar-refractivity contribution >= 4 is 0 Å². The van der Waals surface area contributed by atoms with Crippen LogP contribution in [0.2, 0.25) is 0 Å². The van der Waals surface area contributed by atoms with Crippen molar-refractivity contribution in [3.63, 3.8) is 0 Å². The Kier molecular flexibility index (Phi) is 4.51. The Bertz CT molecular complexity index is 445. The van der Waals surface area contributed by atoms with Crippen molar-refractivity contribution in [3.8, 4) is 5.75 Å². The predicted octanol–water partition coefficient (Wildman–Crippen LogP) is 3.82. The Hall–Kier alpha value is -1.06. The Morgan fingerprint density at radius 2 is 1.90 bits per heavy atom. The fourth-order valence-electron chi connectivity index (χ4n) is 4.02. The standard InChI is InChI=1S/C18H27NO2/c1-20-16-7-5-14(6-8-16)17(19)15-9-12-21-18(13-15)10-3-2-4-11-18/h5-8,15,17H,2-4,9-13,19H2,1H3. The van der Waals surface area contributed by atoms with Crippen LogP contribution in [0.25, 0.3) is 0 Å². The quantitative estimate of drug-likeness (QED) is 0.920. The smallest absolute Gasteiger partial charge is 0.118 e. The normalized spacial score (nSPS) is 26.5. The van der Waals surface area contributed by atoms with Crippen LogP contribution in [0, 0.1) is 5.92 Å². The molecule has 0 bridgehead atoms. The number of hydrogen-bond acceptors (Lipinski definition) is 3. The molecule has 2 unspecified atom stereocenters. The Balaban J connectivity index is 1.69. The molecule has 1 heterocycles. The molecule has 2 fully saturated rings. The maximum atomic E-state index is 6.55. The van der Waals surface area contributed by atoms with E-state index in [0.29, 0.717) is 5.92 Å². The predicted molar refractivity (Wildman–Crippen MR) is 84.4 cm³/mol. The van der Waals surface area contributed by atoms with Gasteiger partial charge < -0.3 is 15.2 Å². The molecule has 2 atom stereocenters. The first-order chi connectivity index (χ1) is 10.2. The molecular formula is C18H27NO2. The van der Waals surface area contributed by atoms with Crippen LogP contribution in [0.4, 0.5) is 0 Å². The second-order valence-electron chi connectivity index (χ2n) is 6.64. The third kappa shape index (κ3) is 3.24. The average Bonchev–Trinajstić information content (AvgIpc) is 2.55. The van der Waals surface area contributed by atoms with Gasteiger partial charge in [-0.05, 0) is 49.3 Å². The summed E-state index contributed by atoms with van der Waals surface area (Å²) in [6.45, 7) is 0.870. The average molecular weight is 289 g/mol. The monoisotopic (exact) mass is 289 g/mol. The summed E-state index contributed by atoms with van der Waals surface area (Å²) < 4.78 is 11.4. The molecule has 0 radical (unpaired) electrons. The number of benzene rings is 1. The molecule has 2 aliphatic rings. The van der Waals surface area contributed by atoms with Crippen molar-refractivity contribution < 1.29 is 9.47 Å². The van der Waals surface area contributed by atoms with Crippen LogP contribution < -0.4 is 10.5 Å². The van der Waals surface area contributed by atoms with E-state index in [4.69, 9.17) is 15.2 Å². The van der Waals surface area contributed by atoms with Gasteiger partial charge in [0.2, 0.25) is 0 Å². The number of ether oxygens (including phenoxy) is 2. The van der Waals surface area contributed by atoms with Gasteiger partial charge in [0.1, 0.15) is 5.75 Å². The first-order valence-corrected chi connectivity index (χ1v) is 8.26. The molecule has 21 heavy (non-hydrogen) atoms. The van der Waals surface area contributed by atoms with Crippen LogP contribution >= 0.6 is 0 Å².